The van der Waals surface area contributed by atoms with Crippen molar-refractivity contribution in [2.75, 3.05) is 6.54 Å². The van der Waals surface area contributed by atoms with Gasteiger partial charge in [0, 0.05) is 18.0 Å². The van der Waals surface area contributed by atoms with E-state index in [0.717, 1.165) is 29.9 Å². The Hall–Kier alpha value is -1.81. The quantitative estimate of drug-likeness (QED) is 0.850. The second-order valence-corrected chi connectivity index (χ2v) is 4.22. The van der Waals surface area contributed by atoms with Crippen LogP contribution in [0, 0.1) is 0 Å². The summed E-state index contributed by atoms with van der Waals surface area (Å²) in [5.41, 5.74) is 2.94. The normalized spacial score (nSPS) is 19.4. The summed E-state index contributed by atoms with van der Waals surface area (Å²) in [4.78, 5) is 13.0. The molecule has 0 spiro atoms. The predicted molar refractivity (Wildman–Crippen MR) is 65.2 cm³/mol. The maximum Gasteiger partial charge on any atom is 0.0904 e. The van der Waals surface area contributed by atoms with E-state index in [1.807, 2.05) is 24.5 Å². The molecular formula is C13H14N4. The SMILES string of the molecule is c1cncc(-c2cncc(C3CCCN3)n2)c1. The highest BCUT2D eigenvalue weighted by Crippen LogP contribution is 2.23. The van der Waals surface area contributed by atoms with Crippen LogP contribution >= 0.6 is 0 Å². The highest BCUT2D eigenvalue weighted by atomic mass is 15.0. The molecule has 2 aromatic rings. The minimum Gasteiger partial charge on any atom is -0.309 e. The molecule has 1 unspecified atom stereocenters. The lowest BCUT2D eigenvalue weighted by Crippen LogP contribution is -2.14. The Labute approximate surface area is 100 Å². The molecule has 4 heteroatoms. The number of rotatable bonds is 2. The van der Waals surface area contributed by atoms with Crippen LogP contribution in [-0.2, 0) is 0 Å². The number of hydrogen-bond acceptors (Lipinski definition) is 4. The zero-order valence-electron chi connectivity index (χ0n) is 9.50. The number of nitrogens with one attached hydrogen (secondary N) is 1. The van der Waals surface area contributed by atoms with Crippen LogP contribution in [0.25, 0.3) is 11.3 Å². The van der Waals surface area contributed by atoms with Crippen LogP contribution in [0.3, 0.4) is 0 Å². The number of aromatic nitrogens is 3. The maximum absolute atomic E-state index is 4.66. The molecule has 3 heterocycles. The Balaban J connectivity index is 1.94. The van der Waals surface area contributed by atoms with Gasteiger partial charge in [-0.2, -0.15) is 0 Å². The third kappa shape index (κ3) is 2.17. The second kappa shape index (κ2) is 4.59. The molecule has 0 aromatic carbocycles. The summed E-state index contributed by atoms with van der Waals surface area (Å²) < 4.78 is 0. The summed E-state index contributed by atoms with van der Waals surface area (Å²) in [6.45, 7) is 1.07. The van der Waals surface area contributed by atoms with Crippen molar-refractivity contribution in [3.63, 3.8) is 0 Å². The van der Waals surface area contributed by atoms with Crippen molar-refractivity contribution in [3.8, 4) is 11.3 Å². The predicted octanol–water partition coefficient (Wildman–Crippen LogP) is 1.96. The molecule has 1 N–H and O–H groups in total. The van der Waals surface area contributed by atoms with Gasteiger partial charge in [-0.25, -0.2) is 4.98 Å². The van der Waals surface area contributed by atoms with Gasteiger partial charge in [0.2, 0.25) is 0 Å². The monoisotopic (exact) mass is 226 g/mol. The summed E-state index contributed by atoms with van der Waals surface area (Å²) in [5, 5.41) is 3.43. The fourth-order valence-corrected chi connectivity index (χ4v) is 2.14. The lowest BCUT2D eigenvalue weighted by Gasteiger charge is -2.10. The smallest absolute Gasteiger partial charge is 0.0904 e. The van der Waals surface area contributed by atoms with Crippen LogP contribution in [0.1, 0.15) is 24.6 Å². The van der Waals surface area contributed by atoms with Gasteiger partial charge in [0.1, 0.15) is 0 Å². The lowest BCUT2D eigenvalue weighted by atomic mass is 10.1. The Morgan fingerprint density at radius 3 is 2.94 bits per heavy atom. The molecule has 0 saturated carbocycles. The molecule has 1 aliphatic heterocycles. The molecule has 1 aliphatic rings. The molecule has 3 rings (SSSR count). The van der Waals surface area contributed by atoms with Crippen molar-refractivity contribution in [1.82, 2.24) is 20.3 Å². The zero-order valence-corrected chi connectivity index (χ0v) is 9.50. The standard InChI is InChI=1S/C13H14N4/c1-3-10(7-14-5-1)12-8-15-9-13(17-12)11-4-2-6-16-11/h1,3,5,7-9,11,16H,2,4,6H2. The van der Waals surface area contributed by atoms with Gasteiger partial charge in [0.15, 0.2) is 0 Å². The van der Waals surface area contributed by atoms with Crippen LogP contribution in [0.4, 0.5) is 0 Å². The van der Waals surface area contributed by atoms with E-state index < -0.39 is 0 Å². The van der Waals surface area contributed by atoms with E-state index in [1.165, 1.54) is 6.42 Å². The van der Waals surface area contributed by atoms with Crippen molar-refractivity contribution in [2.24, 2.45) is 0 Å². The zero-order chi connectivity index (χ0) is 11.5. The van der Waals surface area contributed by atoms with Gasteiger partial charge in [-0.05, 0) is 31.5 Å². The average Bonchev–Trinajstić information content (AvgIpc) is 2.94. The van der Waals surface area contributed by atoms with Crippen LogP contribution in [-0.4, -0.2) is 21.5 Å². The summed E-state index contributed by atoms with van der Waals surface area (Å²) in [7, 11) is 0. The molecule has 0 bridgehead atoms. The van der Waals surface area contributed by atoms with Gasteiger partial charge in [0.25, 0.3) is 0 Å². The van der Waals surface area contributed by atoms with E-state index >= 15 is 0 Å². The van der Waals surface area contributed by atoms with E-state index in [-0.39, 0.29) is 0 Å². The summed E-state index contributed by atoms with van der Waals surface area (Å²) in [6, 6.07) is 4.28. The maximum atomic E-state index is 4.66. The summed E-state index contributed by atoms with van der Waals surface area (Å²) in [6.07, 6.45) is 9.57. The molecular weight excluding hydrogens is 212 g/mol. The van der Waals surface area contributed by atoms with E-state index in [9.17, 15) is 0 Å². The number of pyridine rings is 1. The third-order valence-electron chi connectivity index (χ3n) is 3.03. The Bertz CT molecular complexity index is 492. The first-order chi connectivity index (χ1) is 8.43. The molecule has 1 atom stereocenters. The van der Waals surface area contributed by atoms with E-state index in [4.69, 9.17) is 0 Å². The number of hydrogen-bond donors (Lipinski definition) is 1. The molecule has 17 heavy (non-hydrogen) atoms. The lowest BCUT2D eigenvalue weighted by molar-refractivity contribution is 0.625. The minimum atomic E-state index is 0.360. The molecule has 1 fully saturated rings. The number of nitrogens with zero attached hydrogens (tertiary/aromatic N) is 3. The van der Waals surface area contributed by atoms with Gasteiger partial charge in [-0.1, -0.05) is 0 Å². The van der Waals surface area contributed by atoms with Crippen LogP contribution < -0.4 is 5.32 Å². The molecule has 4 nitrogen and oxygen atoms in total. The first-order valence-corrected chi connectivity index (χ1v) is 5.89. The Morgan fingerprint density at radius 1 is 1.18 bits per heavy atom. The van der Waals surface area contributed by atoms with Crippen LogP contribution in [0.5, 0.6) is 0 Å². The summed E-state index contributed by atoms with van der Waals surface area (Å²) in [5.74, 6) is 0. The molecule has 0 radical (unpaired) electrons. The van der Waals surface area contributed by atoms with Crippen molar-refractivity contribution >= 4 is 0 Å². The van der Waals surface area contributed by atoms with Crippen LogP contribution in [0.2, 0.25) is 0 Å². The van der Waals surface area contributed by atoms with E-state index in [1.54, 1.807) is 12.4 Å². The van der Waals surface area contributed by atoms with E-state index in [2.05, 4.69) is 20.3 Å². The molecule has 0 aliphatic carbocycles. The van der Waals surface area contributed by atoms with Gasteiger partial charge < -0.3 is 5.32 Å². The van der Waals surface area contributed by atoms with Crippen molar-refractivity contribution in [1.29, 1.82) is 0 Å². The second-order valence-electron chi connectivity index (χ2n) is 4.22. The molecule has 0 amide bonds. The molecule has 2 aromatic heterocycles. The van der Waals surface area contributed by atoms with Gasteiger partial charge >= 0.3 is 0 Å². The Morgan fingerprint density at radius 2 is 2.18 bits per heavy atom. The van der Waals surface area contributed by atoms with Gasteiger partial charge in [-0.3, -0.25) is 9.97 Å². The topological polar surface area (TPSA) is 50.7 Å². The van der Waals surface area contributed by atoms with Crippen molar-refractivity contribution in [3.05, 3.63) is 42.6 Å². The Kier molecular flexibility index (Phi) is 2.80. The first-order valence-electron chi connectivity index (χ1n) is 5.89. The highest BCUT2D eigenvalue weighted by Gasteiger charge is 2.18. The van der Waals surface area contributed by atoms with Crippen molar-refractivity contribution < 1.29 is 0 Å². The van der Waals surface area contributed by atoms with E-state index in [0.29, 0.717) is 6.04 Å². The van der Waals surface area contributed by atoms with Crippen molar-refractivity contribution in [2.45, 2.75) is 18.9 Å². The molecule has 86 valence electrons. The first kappa shape index (κ1) is 10.4. The van der Waals surface area contributed by atoms with Gasteiger partial charge in [0.05, 0.1) is 29.8 Å². The highest BCUT2D eigenvalue weighted by molar-refractivity contribution is 5.56. The fraction of sp³-hybridized carbons (Fsp3) is 0.308. The summed E-state index contributed by atoms with van der Waals surface area (Å²) >= 11 is 0. The fourth-order valence-electron chi connectivity index (χ4n) is 2.14. The largest absolute Gasteiger partial charge is 0.309 e. The van der Waals surface area contributed by atoms with Crippen LogP contribution in [0.15, 0.2) is 36.9 Å². The molecule has 1 saturated heterocycles. The third-order valence-corrected chi connectivity index (χ3v) is 3.03. The van der Waals surface area contributed by atoms with Gasteiger partial charge in [-0.15, -0.1) is 0 Å². The average molecular weight is 226 g/mol. The minimum absolute atomic E-state index is 0.360.